The van der Waals surface area contributed by atoms with Crippen molar-refractivity contribution in [2.75, 3.05) is 13.1 Å². The number of alkyl carbamates (subject to hydrolysis) is 1. The summed E-state index contributed by atoms with van der Waals surface area (Å²) in [5.41, 5.74) is 2.43. The Hall–Kier alpha value is -3.47. The molecule has 1 fully saturated rings. The Morgan fingerprint density at radius 3 is 2.58 bits per heavy atom. The fourth-order valence-corrected chi connectivity index (χ4v) is 3.98. The number of hydrazine groups is 1. The normalized spacial score (nSPS) is 17.3. The second kappa shape index (κ2) is 14.2. The first-order chi connectivity index (χ1) is 17.1. The van der Waals surface area contributed by atoms with Gasteiger partial charge in [0.25, 0.3) is 0 Å². The van der Waals surface area contributed by atoms with Crippen molar-refractivity contribution >= 4 is 30.5 Å². The number of ether oxygens (including phenoxy) is 1. The van der Waals surface area contributed by atoms with Gasteiger partial charge in [-0.1, -0.05) is 30.3 Å². The molecule has 1 aromatic carbocycles. The van der Waals surface area contributed by atoms with Crippen LogP contribution < -0.4 is 21.9 Å². The summed E-state index contributed by atoms with van der Waals surface area (Å²) >= 11 is 0. The van der Waals surface area contributed by atoms with E-state index >= 15 is 0 Å². The van der Waals surface area contributed by atoms with Gasteiger partial charge in [-0.25, -0.2) is 10.6 Å². The van der Waals surface area contributed by atoms with Crippen LogP contribution in [0.3, 0.4) is 0 Å². The highest BCUT2D eigenvalue weighted by Gasteiger charge is 2.38. The molecule has 1 unspecified atom stereocenters. The minimum atomic E-state index is -0.911. The van der Waals surface area contributed by atoms with Gasteiger partial charge in [0.15, 0.2) is 0 Å². The molecule has 0 aliphatic carbocycles. The Kier molecular flexibility index (Phi) is 11.3. The summed E-state index contributed by atoms with van der Waals surface area (Å²) in [5.74, 6) is 4.36. The number of nitrogens with two attached hydrogens (primary N) is 1. The van der Waals surface area contributed by atoms with Crippen LogP contribution in [0.15, 0.2) is 35.3 Å². The number of nitrogens with one attached hydrogen (secondary N) is 3. The lowest BCUT2D eigenvalue weighted by molar-refractivity contribution is -0.140. The molecule has 0 spiro atoms. The van der Waals surface area contributed by atoms with E-state index in [1.807, 2.05) is 30.3 Å². The summed E-state index contributed by atoms with van der Waals surface area (Å²) in [4.78, 5) is 56.1. The van der Waals surface area contributed by atoms with E-state index in [0.717, 1.165) is 5.56 Å². The van der Waals surface area contributed by atoms with Gasteiger partial charge in [0.2, 0.25) is 11.8 Å². The van der Waals surface area contributed by atoms with Gasteiger partial charge in [-0.3, -0.25) is 14.6 Å². The Labute approximate surface area is 212 Å². The molecule has 0 saturated carbocycles. The molecule has 5 N–H and O–H groups in total. The number of aliphatic imine (C=N–C) groups is 1. The molecule has 3 amide bonds. The molecule has 1 saturated heterocycles. The van der Waals surface area contributed by atoms with Gasteiger partial charge in [0.1, 0.15) is 24.0 Å². The summed E-state index contributed by atoms with van der Waals surface area (Å²) in [7, 11) is 0. The zero-order chi connectivity index (χ0) is 26.6. The lowest BCUT2D eigenvalue weighted by atomic mass is 10.0. The molecule has 0 radical (unpaired) electrons. The van der Waals surface area contributed by atoms with E-state index in [1.165, 1.54) is 11.2 Å². The molecule has 1 aliphatic heterocycles. The number of hydrogen-bond donors (Lipinski definition) is 4. The number of amides is 3. The predicted octanol–water partition coefficient (Wildman–Crippen LogP) is 1.07. The first-order valence-corrected chi connectivity index (χ1v) is 12.2. The van der Waals surface area contributed by atoms with Crippen LogP contribution in [0.25, 0.3) is 0 Å². The van der Waals surface area contributed by atoms with Crippen LogP contribution in [0.2, 0.25) is 0 Å². The highest BCUT2D eigenvalue weighted by molar-refractivity contribution is 5.92. The lowest BCUT2D eigenvalue weighted by Crippen LogP contribution is -2.55. The van der Waals surface area contributed by atoms with Gasteiger partial charge < -0.3 is 30.5 Å². The van der Waals surface area contributed by atoms with E-state index in [1.54, 1.807) is 20.8 Å². The maximum Gasteiger partial charge on any atom is 0.408 e. The molecule has 1 heterocycles. The Morgan fingerprint density at radius 1 is 1.22 bits per heavy atom. The van der Waals surface area contributed by atoms with E-state index in [-0.39, 0.29) is 18.2 Å². The summed E-state index contributed by atoms with van der Waals surface area (Å²) in [6.45, 7) is 6.06. The Bertz CT molecular complexity index is 902. The molecule has 1 aliphatic rings. The predicted molar refractivity (Wildman–Crippen MR) is 136 cm³/mol. The molecule has 2 rings (SSSR count). The highest BCUT2D eigenvalue weighted by atomic mass is 16.6. The standard InChI is InChI=1S/C25H38N6O5/c1-25(2,3)36-24(35)30-20(15-18-9-5-4-6-10-18)23(34)31-14-8-12-21(31)22(33)29-19(16-32)11-7-13-27-17-28-26/h4-6,9-10,16-17,19-21H,7-8,11-15,26H2,1-3H3,(H,27,28)(H,29,33)(H,30,35)/t19?,20-,21-/m0/s1. The molecule has 3 atom stereocenters. The number of hydrogen-bond acceptors (Lipinski definition) is 7. The van der Waals surface area contributed by atoms with Gasteiger partial charge in [-0.2, -0.15) is 0 Å². The van der Waals surface area contributed by atoms with Gasteiger partial charge in [-0.15, -0.1) is 0 Å². The van der Waals surface area contributed by atoms with Crippen LogP contribution in [0.1, 0.15) is 52.0 Å². The smallest absolute Gasteiger partial charge is 0.408 e. The van der Waals surface area contributed by atoms with Crippen molar-refractivity contribution in [3.8, 4) is 0 Å². The van der Waals surface area contributed by atoms with E-state index in [0.29, 0.717) is 45.1 Å². The number of nitrogens with zero attached hydrogens (tertiary/aromatic N) is 2. The molecule has 1 aromatic rings. The largest absolute Gasteiger partial charge is 0.444 e. The van der Waals surface area contributed by atoms with Crippen LogP contribution in [0, 0.1) is 0 Å². The van der Waals surface area contributed by atoms with E-state index in [4.69, 9.17) is 10.6 Å². The van der Waals surface area contributed by atoms with E-state index in [2.05, 4.69) is 21.1 Å². The van der Waals surface area contributed by atoms with Crippen molar-refractivity contribution < 1.29 is 23.9 Å². The van der Waals surface area contributed by atoms with Crippen molar-refractivity contribution in [2.24, 2.45) is 10.8 Å². The van der Waals surface area contributed by atoms with Gasteiger partial charge >= 0.3 is 6.09 Å². The summed E-state index contributed by atoms with van der Waals surface area (Å²) in [6, 6.07) is 7.00. The molecule has 36 heavy (non-hydrogen) atoms. The van der Waals surface area contributed by atoms with Gasteiger partial charge in [0.05, 0.1) is 12.4 Å². The van der Waals surface area contributed by atoms with Gasteiger partial charge in [-0.05, 0) is 52.0 Å². The second-order valence-electron chi connectivity index (χ2n) is 9.67. The fraction of sp³-hybridized carbons (Fsp3) is 0.560. The van der Waals surface area contributed by atoms with Crippen LogP contribution in [0.4, 0.5) is 4.79 Å². The second-order valence-corrected chi connectivity index (χ2v) is 9.67. The monoisotopic (exact) mass is 502 g/mol. The molecule has 11 nitrogen and oxygen atoms in total. The Balaban J connectivity index is 2.09. The fourth-order valence-electron chi connectivity index (χ4n) is 3.98. The molecule has 0 aromatic heterocycles. The van der Waals surface area contributed by atoms with Crippen LogP contribution in [-0.2, 0) is 25.5 Å². The maximum atomic E-state index is 13.6. The summed E-state index contributed by atoms with van der Waals surface area (Å²) in [5, 5.41) is 5.43. The van der Waals surface area contributed by atoms with Crippen molar-refractivity contribution in [2.45, 2.75) is 76.6 Å². The summed E-state index contributed by atoms with van der Waals surface area (Å²) < 4.78 is 5.36. The molecule has 11 heteroatoms. The average molecular weight is 503 g/mol. The molecule has 198 valence electrons. The van der Waals surface area contributed by atoms with Crippen molar-refractivity contribution in [1.82, 2.24) is 21.0 Å². The van der Waals surface area contributed by atoms with E-state index in [9.17, 15) is 19.2 Å². The minimum Gasteiger partial charge on any atom is -0.444 e. The van der Waals surface area contributed by atoms with Crippen molar-refractivity contribution in [3.05, 3.63) is 35.9 Å². The first-order valence-electron chi connectivity index (χ1n) is 12.2. The molecular weight excluding hydrogens is 464 g/mol. The van der Waals surface area contributed by atoms with Crippen LogP contribution in [0.5, 0.6) is 0 Å². The maximum absolute atomic E-state index is 13.6. The Morgan fingerprint density at radius 2 is 1.94 bits per heavy atom. The summed E-state index contributed by atoms with van der Waals surface area (Å²) in [6.07, 6.45) is 3.69. The minimum absolute atomic E-state index is 0.249. The van der Waals surface area contributed by atoms with Crippen molar-refractivity contribution in [3.63, 3.8) is 0 Å². The third-order valence-corrected chi connectivity index (χ3v) is 5.57. The number of rotatable bonds is 12. The first kappa shape index (κ1) is 28.8. The molecular formula is C25H38N6O5. The number of benzene rings is 1. The SMILES string of the molecule is CC(C)(C)OC(=O)N[C@@H](Cc1ccccc1)C(=O)N1CCC[C@H]1C(=O)NC(C=O)CCCN=CNN. The molecule has 0 bridgehead atoms. The van der Waals surface area contributed by atoms with Gasteiger partial charge in [0, 0.05) is 19.5 Å². The number of carbonyl (C=O) groups excluding carboxylic acids is 4. The third-order valence-electron chi connectivity index (χ3n) is 5.57. The van der Waals surface area contributed by atoms with Crippen LogP contribution >= 0.6 is 0 Å². The quantitative estimate of drug-likeness (QED) is 0.0832. The number of likely N-dealkylation sites (tertiary alicyclic amines) is 1. The van der Waals surface area contributed by atoms with Crippen LogP contribution in [-0.4, -0.2) is 72.2 Å². The number of aldehydes is 1. The third kappa shape index (κ3) is 9.65. The lowest BCUT2D eigenvalue weighted by Gasteiger charge is -2.30. The average Bonchev–Trinajstić information content (AvgIpc) is 3.32. The number of carbonyl (C=O) groups is 4. The van der Waals surface area contributed by atoms with E-state index < -0.39 is 29.8 Å². The highest BCUT2D eigenvalue weighted by Crippen LogP contribution is 2.20. The zero-order valence-corrected chi connectivity index (χ0v) is 21.2. The topological polar surface area (TPSA) is 155 Å². The van der Waals surface area contributed by atoms with Crippen molar-refractivity contribution in [1.29, 1.82) is 0 Å². The zero-order valence-electron chi connectivity index (χ0n) is 21.2.